The molecule has 0 saturated heterocycles. The molecule has 0 bridgehead atoms. The van der Waals surface area contributed by atoms with E-state index in [1.165, 1.54) is 0 Å². The number of aromatic nitrogens is 1. The molecule has 3 heteroatoms. The van der Waals surface area contributed by atoms with Gasteiger partial charge in [0.25, 0.3) is 0 Å². The highest BCUT2D eigenvalue weighted by atomic mass is 15.0. The Kier molecular flexibility index (Phi) is 2.32. The third kappa shape index (κ3) is 2.01. The third-order valence-electron chi connectivity index (χ3n) is 1.83. The van der Waals surface area contributed by atoms with Gasteiger partial charge in [0.05, 0.1) is 0 Å². The zero-order valence-electron chi connectivity index (χ0n) is 7.64. The molecule has 1 aromatic carbocycles. The van der Waals surface area contributed by atoms with Gasteiger partial charge >= 0.3 is 0 Å². The minimum atomic E-state index is 0.707. The maximum Gasteiger partial charge on any atom is 0.132 e. The Morgan fingerprint density at radius 1 is 1.07 bits per heavy atom. The topological polar surface area (TPSA) is 50.9 Å². The smallest absolute Gasteiger partial charge is 0.132 e. The average Bonchev–Trinajstić information content (AvgIpc) is 2.19. The molecule has 0 saturated carbocycles. The van der Waals surface area contributed by atoms with Crippen molar-refractivity contribution in [3.8, 4) is 0 Å². The summed E-state index contributed by atoms with van der Waals surface area (Å²) in [7, 11) is 0. The van der Waals surface area contributed by atoms with Gasteiger partial charge in [0, 0.05) is 23.6 Å². The molecule has 0 unspecified atom stereocenters. The minimum Gasteiger partial charge on any atom is -0.399 e. The molecule has 0 fully saturated rings. The van der Waals surface area contributed by atoms with Crippen LogP contribution in [0.4, 0.5) is 17.2 Å². The van der Waals surface area contributed by atoms with Gasteiger partial charge in [-0.3, -0.25) is 0 Å². The second kappa shape index (κ2) is 3.79. The zero-order valence-corrected chi connectivity index (χ0v) is 7.64. The first-order chi connectivity index (χ1) is 6.84. The Hall–Kier alpha value is -2.03. The maximum absolute atomic E-state index is 5.63. The number of anilines is 3. The van der Waals surface area contributed by atoms with Crippen LogP contribution in [0.5, 0.6) is 0 Å². The van der Waals surface area contributed by atoms with Gasteiger partial charge in [-0.2, -0.15) is 0 Å². The van der Waals surface area contributed by atoms with Crippen molar-refractivity contribution in [3.05, 3.63) is 48.7 Å². The van der Waals surface area contributed by atoms with E-state index < -0.39 is 0 Å². The molecule has 0 aliphatic heterocycles. The number of para-hydroxylation sites is 1. The number of nitrogens with zero attached hydrogens (tertiary/aromatic N) is 1. The van der Waals surface area contributed by atoms with Crippen molar-refractivity contribution in [1.29, 1.82) is 0 Å². The van der Waals surface area contributed by atoms with E-state index in [-0.39, 0.29) is 0 Å². The van der Waals surface area contributed by atoms with E-state index in [0.717, 1.165) is 11.5 Å². The number of nitrogens with two attached hydrogens (primary N) is 1. The summed E-state index contributed by atoms with van der Waals surface area (Å²) >= 11 is 0. The van der Waals surface area contributed by atoms with Crippen molar-refractivity contribution in [2.24, 2.45) is 0 Å². The minimum absolute atomic E-state index is 0.707. The van der Waals surface area contributed by atoms with E-state index in [9.17, 15) is 0 Å². The van der Waals surface area contributed by atoms with Crippen molar-refractivity contribution < 1.29 is 0 Å². The molecule has 0 radical (unpaired) electrons. The van der Waals surface area contributed by atoms with Gasteiger partial charge in [-0.05, 0) is 18.2 Å². The van der Waals surface area contributed by atoms with Crippen LogP contribution in [-0.4, -0.2) is 4.98 Å². The van der Waals surface area contributed by atoms with Gasteiger partial charge in [-0.1, -0.05) is 18.2 Å². The van der Waals surface area contributed by atoms with Gasteiger partial charge in [0.2, 0.25) is 0 Å². The molecule has 2 rings (SSSR count). The average molecular weight is 185 g/mol. The standard InChI is InChI=1S/C11H11N3/c12-9-6-7-13-11(8-9)14-10-4-2-1-3-5-10/h1-8H,(H3,12,13,14). The highest BCUT2D eigenvalue weighted by Gasteiger charge is 1.94. The van der Waals surface area contributed by atoms with Gasteiger partial charge < -0.3 is 11.1 Å². The Bertz CT molecular complexity index is 412. The van der Waals surface area contributed by atoms with Crippen LogP contribution in [0.15, 0.2) is 48.7 Å². The molecule has 0 aliphatic carbocycles. The molecule has 70 valence electrons. The van der Waals surface area contributed by atoms with Crippen LogP contribution in [0.3, 0.4) is 0 Å². The van der Waals surface area contributed by atoms with E-state index in [1.807, 2.05) is 30.3 Å². The summed E-state index contributed by atoms with van der Waals surface area (Å²) in [5.41, 5.74) is 7.34. The molecule has 0 spiro atoms. The first kappa shape index (κ1) is 8.56. The normalized spacial score (nSPS) is 9.71. The molecule has 2 aromatic rings. The highest BCUT2D eigenvalue weighted by molar-refractivity contribution is 5.59. The molecule has 1 heterocycles. The molecule has 3 N–H and O–H groups in total. The second-order valence-electron chi connectivity index (χ2n) is 2.97. The summed E-state index contributed by atoms with van der Waals surface area (Å²) in [5.74, 6) is 0.760. The fourth-order valence-electron chi connectivity index (χ4n) is 1.18. The Labute approximate surface area is 82.6 Å². The lowest BCUT2D eigenvalue weighted by Crippen LogP contribution is -1.94. The van der Waals surface area contributed by atoms with E-state index in [4.69, 9.17) is 5.73 Å². The number of nitrogen functional groups attached to an aromatic ring is 1. The van der Waals surface area contributed by atoms with Crippen molar-refractivity contribution in [3.63, 3.8) is 0 Å². The van der Waals surface area contributed by atoms with Crippen LogP contribution in [0.1, 0.15) is 0 Å². The van der Waals surface area contributed by atoms with Crippen molar-refractivity contribution in [1.82, 2.24) is 4.98 Å². The zero-order chi connectivity index (χ0) is 9.80. The monoisotopic (exact) mass is 185 g/mol. The molecular weight excluding hydrogens is 174 g/mol. The Morgan fingerprint density at radius 3 is 2.57 bits per heavy atom. The number of pyridine rings is 1. The van der Waals surface area contributed by atoms with Gasteiger partial charge in [0.1, 0.15) is 5.82 Å². The first-order valence-corrected chi connectivity index (χ1v) is 4.38. The predicted molar refractivity (Wildman–Crippen MR) is 58.4 cm³/mol. The molecule has 0 amide bonds. The summed E-state index contributed by atoms with van der Waals surface area (Å²) in [6.07, 6.45) is 1.68. The summed E-state index contributed by atoms with van der Waals surface area (Å²) < 4.78 is 0. The van der Waals surface area contributed by atoms with E-state index in [2.05, 4.69) is 10.3 Å². The Morgan fingerprint density at radius 2 is 1.86 bits per heavy atom. The lowest BCUT2D eigenvalue weighted by atomic mass is 10.3. The van der Waals surface area contributed by atoms with Gasteiger partial charge in [-0.25, -0.2) is 4.98 Å². The van der Waals surface area contributed by atoms with E-state index in [1.54, 1.807) is 18.3 Å². The van der Waals surface area contributed by atoms with Crippen LogP contribution in [-0.2, 0) is 0 Å². The molecule has 1 aromatic heterocycles. The quantitative estimate of drug-likeness (QED) is 0.755. The van der Waals surface area contributed by atoms with Crippen LogP contribution >= 0.6 is 0 Å². The molecule has 0 atom stereocenters. The summed E-state index contributed by atoms with van der Waals surface area (Å²) in [5, 5.41) is 3.15. The van der Waals surface area contributed by atoms with E-state index >= 15 is 0 Å². The van der Waals surface area contributed by atoms with E-state index in [0.29, 0.717) is 5.69 Å². The van der Waals surface area contributed by atoms with Crippen molar-refractivity contribution in [2.45, 2.75) is 0 Å². The SMILES string of the molecule is Nc1ccnc(Nc2ccccc2)c1. The molecular formula is C11H11N3. The lowest BCUT2D eigenvalue weighted by Gasteiger charge is -2.04. The van der Waals surface area contributed by atoms with Crippen LogP contribution in [0.2, 0.25) is 0 Å². The summed E-state index contributed by atoms with van der Waals surface area (Å²) in [4.78, 5) is 4.14. The number of rotatable bonds is 2. The maximum atomic E-state index is 5.63. The number of hydrogen-bond donors (Lipinski definition) is 2. The summed E-state index contributed by atoms with van der Waals surface area (Å²) in [6, 6.07) is 13.4. The van der Waals surface area contributed by atoms with Crippen LogP contribution in [0, 0.1) is 0 Å². The predicted octanol–water partition coefficient (Wildman–Crippen LogP) is 2.41. The van der Waals surface area contributed by atoms with Crippen LogP contribution < -0.4 is 11.1 Å². The van der Waals surface area contributed by atoms with Crippen molar-refractivity contribution >= 4 is 17.2 Å². The summed E-state index contributed by atoms with van der Waals surface area (Å²) in [6.45, 7) is 0. The van der Waals surface area contributed by atoms with Crippen molar-refractivity contribution in [2.75, 3.05) is 11.1 Å². The fraction of sp³-hybridized carbons (Fsp3) is 0. The van der Waals surface area contributed by atoms with Crippen LogP contribution in [0.25, 0.3) is 0 Å². The lowest BCUT2D eigenvalue weighted by molar-refractivity contribution is 1.31. The third-order valence-corrected chi connectivity index (χ3v) is 1.83. The molecule has 3 nitrogen and oxygen atoms in total. The highest BCUT2D eigenvalue weighted by Crippen LogP contribution is 2.14. The second-order valence-corrected chi connectivity index (χ2v) is 2.97. The Balaban J connectivity index is 2.19. The largest absolute Gasteiger partial charge is 0.399 e. The first-order valence-electron chi connectivity index (χ1n) is 4.38. The molecule has 0 aliphatic rings. The number of hydrogen-bond acceptors (Lipinski definition) is 3. The van der Waals surface area contributed by atoms with Gasteiger partial charge in [0.15, 0.2) is 0 Å². The molecule has 14 heavy (non-hydrogen) atoms. The number of benzene rings is 1. The fourth-order valence-corrected chi connectivity index (χ4v) is 1.18. The number of nitrogens with one attached hydrogen (secondary N) is 1. The van der Waals surface area contributed by atoms with Gasteiger partial charge in [-0.15, -0.1) is 0 Å².